The molecule has 1 heterocycles. The lowest BCUT2D eigenvalue weighted by molar-refractivity contribution is -0.135. The van der Waals surface area contributed by atoms with Crippen LogP contribution in [0.1, 0.15) is 50.7 Å². The van der Waals surface area contributed by atoms with Crippen LogP contribution < -0.4 is 5.32 Å². The van der Waals surface area contributed by atoms with Crippen LogP contribution in [0.15, 0.2) is 24.3 Å². The van der Waals surface area contributed by atoms with Crippen LogP contribution >= 0.6 is 0 Å². The normalized spacial score (nSPS) is 25.0. The molecule has 142 valence electrons. The van der Waals surface area contributed by atoms with Crippen molar-refractivity contribution in [3.05, 3.63) is 35.4 Å². The molecule has 0 bridgehead atoms. The lowest BCUT2D eigenvalue weighted by Crippen LogP contribution is -2.42. The molecule has 1 saturated heterocycles. The minimum atomic E-state index is -0.484. The van der Waals surface area contributed by atoms with Gasteiger partial charge in [0.05, 0.1) is 13.0 Å². The molecule has 3 atom stereocenters. The lowest BCUT2D eigenvalue weighted by atomic mass is 9.91. The Labute approximate surface area is 156 Å². The largest absolute Gasteiger partial charge is 0.453 e. The molecule has 1 aromatic carbocycles. The molecule has 2 aliphatic rings. The van der Waals surface area contributed by atoms with Crippen molar-refractivity contribution >= 4 is 12.0 Å². The number of carbonyl (C=O) groups excluding carboxylic acids is 2. The highest BCUT2D eigenvalue weighted by atomic mass is 16.5. The van der Waals surface area contributed by atoms with Crippen LogP contribution in [0.25, 0.3) is 0 Å². The quantitative estimate of drug-likeness (QED) is 0.849. The van der Waals surface area contributed by atoms with Gasteiger partial charge in [-0.05, 0) is 35.8 Å². The maximum absolute atomic E-state index is 12.9. The van der Waals surface area contributed by atoms with E-state index in [-0.39, 0.29) is 17.2 Å². The third kappa shape index (κ3) is 3.44. The number of carbonyl (C=O) groups is 2. The number of methoxy groups -OCH3 is 1. The first-order chi connectivity index (χ1) is 12.4. The Bertz CT molecular complexity index is 688. The second-order valence-electron chi connectivity index (χ2n) is 8.03. The highest BCUT2D eigenvalue weighted by molar-refractivity contribution is 5.80. The molecule has 1 aliphatic heterocycles. The van der Waals surface area contributed by atoms with Gasteiger partial charge in [0.2, 0.25) is 5.91 Å². The molecular formula is C21H30N2O3. The maximum atomic E-state index is 12.9. The van der Waals surface area contributed by atoms with Crippen molar-refractivity contribution in [2.45, 2.75) is 44.9 Å². The summed E-state index contributed by atoms with van der Waals surface area (Å²) in [4.78, 5) is 26.2. The van der Waals surface area contributed by atoms with Gasteiger partial charge in [-0.2, -0.15) is 0 Å². The number of fused-ring (bicyclic) bond motifs is 1. The van der Waals surface area contributed by atoms with E-state index in [1.54, 1.807) is 0 Å². The summed E-state index contributed by atoms with van der Waals surface area (Å²) in [5.74, 6) is 1.04. The molecule has 0 radical (unpaired) electrons. The summed E-state index contributed by atoms with van der Waals surface area (Å²) in [7, 11) is 1.33. The molecule has 1 aromatic rings. The molecule has 2 fully saturated rings. The summed E-state index contributed by atoms with van der Waals surface area (Å²) in [6.07, 6.45) is 1.40. The Kier molecular flexibility index (Phi) is 5.26. The predicted octanol–water partition coefficient (Wildman–Crippen LogP) is 3.29. The van der Waals surface area contributed by atoms with Gasteiger partial charge in [0.1, 0.15) is 0 Å². The summed E-state index contributed by atoms with van der Waals surface area (Å²) in [5, 5.41) is 2.66. The second-order valence-corrected chi connectivity index (χ2v) is 8.03. The standard InChI is InChI=1S/C21H30N2O3/c1-5-15(11-22-20(25)26-4)19(24)23-12-18-10-21(18,13-23)17-8-6-7-16(9-17)14(2)3/h6-9,14-15,18H,5,10-13H2,1-4H3,(H,22,25). The van der Waals surface area contributed by atoms with Crippen molar-refractivity contribution in [1.29, 1.82) is 0 Å². The summed E-state index contributed by atoms with van der Waals surface area (Å²) < 4.78 is 4.60. The van der Waals surface area contributed by atoms with Crippen molar-refractivity contribution in [2.24, 2.45) is 11.8 Å². The smallest absolute Gasteiger partial charge is 0.406 e. The molecule has 5 nitrogen and oxygen atoms in total. The van der Waals surface area contributed by atoms with Crippen molar-refractivity contribution in [3.63, 3.8) is 0 Å². The first-order valence-corrected chi connectivity index (χ1v) is 9.62. The van der Waals surface area contributed by atoms with Gasteiger partial charge in [0.25, 0.3) is 0 Å². The predicted molar refractivity (Wildman–Crippen MR) is 101 cm³/mol. The summed E-state index contributed by atoms with van der Waals surface area (Å²) >= 11 is 0. The Morgan fingerprint density at radius 1 is 1.38 bits per heavy atom. The highest BCUT2D eigenvalue weighted by Gasteiger charge is 2.61. The maximum Gasteiger partial charge on any atom is 0.406 e. The zero-order chi connectivity index (χ0) is 18.9. The third-order valence-corrected chi connectivity index (χ3v) is 6.11. The first-order valence-electron chi connectivity index (χ1n) is 9.62. The number of amides is 2. The van der Waals surface area contributed by atoms with Crippen LogP contribution in [0.4, 0.5) is 4.79 Å². The number of piperidine rings is 1. The number of rotatable bonds is 6. The fourth-order valence-corrected chi connectivity index (χ4v) is 4.25. The molecule has 1 N–H and O–H groups in total. The molecule has 26 heavy (non-hydrogen) atoms. The lowest BCUT2D eigenvalue weighted by Gasteiger charge is -2.26. The van der Waals surface area contributed by atoms with Crippen LogP contribution in [-0.4, -0.2) is 43.6 Å². The van der Waals surface area contributed by atoms with Gasteiger partial charge in [-0.25, -0.2) is 4.79 Å². The molecule has 3 rings (SSSR count). The summed E-state index contributed by atoms with van der Waals surface area (Å²) in [6.45, 7) is 8.38. The van der Waals surface area contributed by atoms with E-state index in [1.165, 1.54) is 24.7 Å². The van der Waals surface area contributed by atoms with Crippen molar-refractivity contribution in [3.8, 4) is 0 Å². The van der Waals surface area contributed by atoms with E-state index in [4.69, 9.17) is 0 Å². The highest BCUT2D eigenvalue weighted by Crippen LogP contribution is 2.59. The van der Waals surface area contributed by atoms with Gasteiger partial charge in [-0.1, -0.05) is 45.0 Å². The number of nitrogens with zero attached hydrogens (tertiary/aromatic N) is 1. The van der Waals surface area contributed by atoms with Crippen molar-refractivity contribution in [1.82, 2.24) is 10.2 Å². The summed E-state index contributed by atoms with van der Waals surface area (Å²) in [6, 6.07) is 8.88. The SMILES string of the molecule is CCC(CNC(=O)OC)C(=O)N1CC2CC2(c2cccc(C(C)C)c2)C1. The van der Waals surface area contributed by atoms with E-state index < -0.39 is 6.09 Å². The zero-order valence-corrected chi connectivity index (χ0v) is 16.2. The number of hydrogen-bond donors (Lipinski definition) is 1. The fourth-order valence-electron chi connectivity index (χ4n) is 4.25. The monoisotopic (exact) mass is 358 g/mol. The van der Waals surface area contributed by atoms with E-state index in [1.807, 2.05) is 11.8 Å². The third-order valence-electron chi connectivity index (χ3n) is 6.11. The van der Waals surface area contributed by atoms with E-state index in [9.17, 15) is 9.59 Å². The van der Waals surface area contributed by atoms with Gasteiger partial charge in [0, 0.05) is 25.0 Å². The Balaban J connectivity index is 1.67. The zero-order valence-electron chi connectivity index (χ0n) is 16.2. The number of nitrogens with one attached hydrogen (secondary N) is 1. The minimum absolute atomic E-state index is 0.147. The van der Waals surface area contributed by atoms with E-state index in [2.05, 4.69) is 48.2 Å². The molecule has 3 unspecified atom stereocenters. The molecule has 0 spiro atoms. The number of hydrogen-bond acceptors (Lipinski definition) is 3. The number of alkyl carbamates (subject to hydrolysis) is 1. The average Bonchev–Trinajstić information content (AvgIpc) is 3.23. The minimum Gasteiger partial charge on any atom is -0.453 e. The molecule has 1 saturated carbocycles. The van der Waals surface area contributed by atoms with Crippen LogP contribution in [-0.2, 0) is 14.9 Å². The number of benzene rings is 1. The Morgan fingerprint density at radius 2 is 2.15 bits per heavy atom. The molecular weight excluding hydrogens is 328 g/mol. The molecule has 2 amide bonds. The van der Waals surface area contributed by atoms with Gasteiger partial charge >= 0.3 is 6.09 Å². The Hall–Kier alpha value is -2.04. The molecule has 0 aromatic heterocycles. The van der Waals surface area contributed by atoms with E-state index >= 15 is 0 Å². The van der Waals surface area contributed by atoms with E-state index in [0.29, 0.717) is 24.8 Å². The van der Waals surface area contributed by atoms with E-state index in [0.717, 1.165) is 13.1 Å². The van der Waals surface area contributed by atoms with Gasteiger partial charge < -0.3 is 15.0 Å². The van der Waals surface area contributed by atoms with Crippen LogP contribution in [0.3, 0.4) is 0 Å². The molecule has 5 heteroatoms. The summed E-state index contributed by atoms with van der Waals surface area (Å²) in [5.41, 5.74) is 2.89. The number of ether oxygens (including phenoxy) is 1. The average molecular weight is 358 g/mol. The molecule has 1 aliphatic carbocycles. The van der Waals surface area contributed by atoms with Crippen molar-refractivity contribution in [2.75, 3.05) is 26.7 Å². The van der Waals surface area contributed by atoms with Crippen LogP contribution in [0, 0.1) is 11.8 Å². The van der Waals surface area contributed by atoms with Crippen LogP contribution in [0.2, 0.25) is 0 Å². The van der Waals surface area contributed by atoms with Gasteiger partial charge in [-0.3, -0.25) is 4.79 Å². The van der Waals surface area contributed by atoms with Gasteiger partial charge in [-0.15, -0.1) is 0 Å². The Morgan fingerprint density at radius 3 is 2.81 bits per heavy atom. The fraction of sp³-hybridized carbons (Fsp3) is 0.619. The second kappa shape index (κ2) is 7.29. The first kappa shape index (κ1) is 18.7. The topological polar surface area (TPSA) is 58.6 Å². The number of likely N-dealkylation sites (tertiary alicyclic amines) is 1. The van der Waals surface area contributed by atoms with Gasteiger partial charge in [0.15, 0.2) is 0 Å². The van der Waals surface area contributed by atoms with Crippen LogP contribution in [0.5, 0.6) is 0 Å². The van der Waals surface area contributed by atoms with Crippen molar-refractivity contribution < 1.29 is 14.3 Å².